The third-order valence-corrected chi connectivity index (χ3v) is 3.28. The molecular weight excluding hydrogens is 262 g/mol. The number of hydrogen-bond acceptors (Lipinski definition) is 3. The third-order valence-electron chi connectivity index (χ3n) is 3.05. The molecule has 0 amide bonds. The van der Waals surface area contributed by atoms with E-state index in [1.807, 2.05) is 26.0 Å². The first-order valence-corrected chi connectivity index (χ1v) is 6.36. The molecule has 1 aromatic carbocycles. The van der Waals surface area contributed by atoms with Gasteiger partial charge < -0.3 is 9.84 Å². The van der Waals surface area contributed by atoms with Crippen molar-refractivity contribution in [1.82, 2.24) is 4.98 Å². The number of benzene rings is 1. The van der Waals surface area contributed by atoms with Crippen LogP contribution in [0.2, 0.25) is 5.02 Å². The molecule has 100 valence electrons. The Morgan fingerprint density at radius 1 is 1.16 bits per heavy atom. The van der Waals surface area contributed by atoms with Crippen LogP contribution in [0, 0.1) is 13.8 Å². The van der Waals surface area contributed by atoms with E-state index in [9.17, 15) is 5.11 Å². The molecular formula is C15H16ClNO2. The van der Waals surface area contributed by atoms with Gasteiger partial charge in [-0.1, -0.05) is 17.7 Å². The van der Waals surface area contributed by atoms with E-state index in [1.165, 1.54) is 0 Å². The molecule has 2 aromatic rings. The van der Waals surface area contributed by atoms with Gasteiger partial charge in [-0.25, -0.2) is 0 Å². The number of aryl methyl sites for hydroxylation is 2. The van der Waals surface area contributed by atoms with Gasteiger partial charge in [0.2, 0.25) is 0 Å². The van der Waals surface area contributed by atoms with E-state index in [4.69, 9.17) is 16.3 Å². The van der Waals surface area contributed by atoms with Crippen LogP contribution in [0.15, 0.2) is 30.3 Å². The molecule has 0 radical (unpaired) electrons. The molecule has 1 N–H and O–H groups in total. The third kappa shape index (κ3) is 2.88. The van der Waals surface area contributed by atoms with E-state index >= 15 is 0 Å². The average molecular weight is 278 g/mol. The predicted molar refractivity (Wildman–Crippen MR) is 75.8 cm³/mol. The normalized spacial score (nSPS) is 12.3. The van der Waals surface area contributed by atoms with Crippen molar-refractivity contribution in [3.63, 3.8) is 0 Å². The molecule has 3 nitrogen and oxygen atoms in total. The highest BCUT2D eigenvalue weighted by molar-refractivity contribution is 6.30. The molecule has 0 aliphatic heterocycles. The lowest BCUT2D eigenvalue weighted by Crippen LogP contribution is -2.06. The molecule has 1 unspecified atom stereocenters. The quantitative estimate of drug-likeness (QED) is 0.934. The van der Waals surface area contributed by atoms with Gasteiger partial charge in [-0.2, -0.15) is 0 Å². The maximum absolute atomic E-state index is 10.5. The summed E-state index contributed by atoms with van der Waals surface area (Å²) < 4.78 is 5.27. The fourth-order valence-corrected chi connectivity index (χ4v) is 2.25. The summed E-state index contributed by atoms with van der Waals surface area (Å²) >= 11 is 5.99. The zero-order valence-corrected chi connectivity index (χ0v) is 11.9. The van der Waals surface area contributed by atoms with E-state index in [0.29, 0.717) is 16.3 Å². The number of aliphatic hydroxyl groups is 1. The van der Waals surface area contributed by atoms with E-state index in [2.05, 4.69) is 4.98 Å². The Morgan fingerprint density at radius 3 is 2.53 bits per heavy atom. The Kier molecular flexibility index (Phi) is 4.08. The average Bonchev–Trinajstić information content (AvgIpc) is 2.38. The number of rotatable bonds is 3. The minimum Gasteiger partial charge on any atom is -0.496 e. The van der Waals surface area contributed by atoms with Crippen molar-refractivity contribution in [3.05, 3.63) is 57.9 Å². The maximum atomic E-state index is 10.5. The lowest BCUT2D eigenvalue weighted by atomic mass is 9.99. The number of halogens is 1. The summed E-state index contributed by atoms with van der Waals surface area (Å²) in [4.78, 5) is 4.36. The second-order valence-corrected chi connectivity index (χ2v) is 4.85. The van der Waals surface area contributed by atoms with Crippen LogP contribution < -0.4 is 4.74 Å². The minimum atomic E-state index is -0.804. The van der Waals surface area contributed by atoms with Gasteiger partial charge in [0.15, 0.2) is 0 Å². The summed E-state index contributed by atoms with van der Waals surface area (Å²) in [5.41, 5.74) is 3.12. The first-order chi connectivity index (χ1) is 9.02. The molecule has 1 atom stereocenters. The van der Waals surface area contributed by atoms with Crippen LogP contribution in [0.5, 0.6) is 5.75 Å². The summed E-state index contributed by atoms with van der Waals surface area (Å²) in [5, 5.41) is 11.1. The number of aromatic nitrogens is 1. The number of nitrogens with zero attached hydrogens (tertiary/aromatic N) is 1. The maximum Gasteiger partial charge on any atom is 0.125 e. The Bertz CT molecular complexity index is 599. The van der Waals surface area contributed by atoms with Gasteiger partial charge in [0.05, 0.1) is 7.11 Å². The van der Waals surface area contributed by atoms with Crippen LogP contribution in [0.25, 0.3) is 0 Å². The van der Waals surface area contributed by atoms with Crippen molar-refractivity contribution in [2.75, 3.05) is 7.11 Å². The molecule has 4 heteroatoms. The van der Waals surface area contributed by atoms with Gasteiger partial charge in [0, 0.05) is 27.5 Å². The molecule has 19 heavy (non-hydrogen) atoms. The Hall–Kier alpha value is -1.58. The van der Waals surface area contributed by atoms with Crippen molar-refractivity contribution >= 4 is 11.6 Å². The first kappa shape index (κ1) is 13.8. The Labute approximate surface area is 117 Å². The fraction of sp³-hybridized carbons (Fsp3) is 0.267. The number of hydrogen-bond donors (Lipinski definition) is 1. The van der Waals surface area contributed by atoms with Crippen molar-refractivity contribution < 1.29 is 9.84 Å². The zero-order chi connectivity index (χ0) is 14.0. The molecule has 1 aromatic heterocycles. The number of aliphatic hydroxyl groups excluding tert-OH is 1. The molecule has 0 saturated heterocycles. The van der Waals surface area contributed by atoms with Crippen LogP contribution in [-0.2, 0) is 0 Å². The van der Waals surface area contributed by atoms with Crippen LogP contribution in [0.4, 0.5) is 0 Å². The van der Waals surface area contributed by atoms with E-state index in [-0.39, 0.29) is 0 Å². The van der Waals surface area contributed by atoms with Gasteiger partial charge in [-0.15, -0.1) is 0 Å². The monoisotopic (exact) mass is 277 g/mol. The van der Waals surface area contributed by atoms with Gasteiger partial charge in [-0.3, -0.25) is 4.98 Å². The van der Waals surface area contributed by atoms with Gasteiger partial charge >= 0.3 is 0 Å². The highest BCUT2D eigenvalue weighted by atomic mass is 35.5. The van der Waals surface area contributed by atoms with Crippen LogP contribution in [0.3, 0.4) is 0 Å². The highest BCUT2D eigenvalue weighted by Crippen LogP contribution is 2.33. The lowest BCUT2D eigenvalue weighted by molar-refractivity contribution is 0.213. The van der Waals surface area contributed by atoms with E-state index in [0.717, 1.165) is 17.0 Å². The predicted octanol–water partition coefficient (Wildman–Crippen LogP) is 3.44. The standard InChI is InChI=1S/C15H16ClNO2/c1-9-4-6-12(10(2)17-9)15(18)13-8-11(16)5-7-14(13)19-3/h4-8,15,18H,1-3H3. The van der Waals surface area contributed by atoms with Crippen LogP contribution in [-0.4, -0.2) is 17.2 Å². The number of ether oxygens (including phenoxy) is 1. The Morgan fingerprint density at radius 2 is 1.89 bits per heavy atom. The van der Waals surface area contributed by atoms with Gasteiger partial charge in [0.1, 0.15) is 11.9 Å². The molecule has 0 aliphatic rings. The van der Waals surface area contributed by atoms with Crippen molar-refractivity contribution in [3.8, 4) is 5.75 Å². The molecule has 0 spiro atoms. The summed E-state index contributed by atoms with van der Waals surface area (Å²) in [6, 6.07) is 8.95. The van der Waals surface area contributed by atoms with E-state index < -0.39 is 6.10 Å². The summed E-state index contributed by atoms with van der Waals surface area (Å²) in [6.45, 7) is 3.80. The number of methoxy groups -OCH3 is 1. The lowest BCUT2D eigenvalue weighted by Gasteiger charge is -2.17. The minimum absolute atomic E-state index is 0.563. The molecule has 0 aliphatic carbocycles. The van der Waals surface area contributed by atoms with Gasteiger partial charge in [-0.05, 0) is 38.1 Å². The zero-order valence-electron chi connectivity index (χ0n) is 11.1. The largest absolute Gasteiger partial charge is 0.496 e. The Balaban J connectivity index is 2.49. The van der Waals surface area contributed by atoms with Crippen molar-refractivity contribution in [2.45, 2.75) is 20.0 Å². The van der Waals surface area contributed by atoms with Crippen LogP contribution >= 0.6 is 11.6 Å². The molecule has 1 heterocycles. The number of pyridine rings is 1. The SMILES string of the molecule is COc1ccc(Cl)cc1C(O)c1ccc(C)nc1C. The second-order valence-electron chi connectivity index (χ2n) is 4.42. The van der Waals surface area contributed by atoms with Gasteiger partial charge in [0.25, 0.3) is 0 Å². The summed E-state index contributed by atoms with van der Waals surface area (Å²) in [7, 11) is 1.57. The topological polar surface area (TPSA) is 42.4 Å². The smallest absolute Gasteiger partial charge is 0.125 e. The molecule has 2 rings (SSSR count). The summed E-state index contributed by atoms with van der Waals surface area (Å²) in [6.07, 6.45) is -0.804. The second kappa shape index (κ2) is 5.59. The summed E-state index contributed by atoms with van der Waals surface area (Å²) in [5.74, 6) is 0.608. The van der Waals surface area contributed by atoms with Crippen molar-refractivity contribution in [2.24, 2.45) is 0 Å². The molecule has 0 saturated carbocycles. The first-order valence-electron chi connectivity index (χ1n) is 5.98. The van der Waals surface area contributed by atoms with Crippen LogP contribution in [0.1, 0.15) is 28.6 Å². The molecule has 0 bridgehead atoms. The fourth-order valence-electron chi connectivity index (χ4n) is 2.07. The van der Waals surface area contributed by atoms with E-state index in [1.54, 1.807) is 25.3 Å². The molecule has 0 fully saturated rings. The van der Waals surface area contributed by atoms with Crippen molar-refractivity contribution in [1.29, 1.82) is 0 Å². The highest BCUT2D eigenvalue weighted by Gasteiger charge is 2.18.